The average Bonchev–Trinajstić information content (AvgIpc) is 3.51. The Morgan fingerprint density at radius 3 is 2.70 bits per heavy atom. The molecule has 148 valence electrons. The number of carboxylic acid groups (broad SMARTS) is 1. The van der Waals surface area contributed by atoms with E-state index < -0.39 is 5.97 Å². The third-order valence-corrected chi connectivity index (χ3v) is 5.48. The number of hydrogen-bond acceptors (Lipinski definition) is 5. The smallest absolute Gasteiger partial charge is 0.313 e. The van der Waals surface area contributed by atoms with Crippen molar-refractivity contribution in [3.8, 4) is 34.2 Å². The van der Waals surface area contributed by atoms with Gasteiger partial charge in [0.1, 0.15) is 5.76 Å². The maximum absolute atomic E-state index is 10.7. The molecule has 0 saturated carbocycles. The molecule has 0 radical (unpaired) electrons. The molecule has 8 heteroatoms. The highest BCUT2D eigenvalue weighted by Gasteiger charge is 2.15. The number of rotatable bonds is 6. The fraction of sp³-hybridized carbons (Fsp3) is 0.0455. The molecule has 7 nitrogen and oxygen atoms in total. The normalized spacial score (nSPS) is 11.2. The Balaban J connectivity index is 1.48. The van der Waals surface area contributed by atoms with E-state index in [1.807, 2.05) is 48.5 Å². The number of carbonyl (C=O) groups is 1. The Bertz CT molecular complexity index is 1340. The van der Waals surface area contributed by atoms with Crippen molar-refractivity contribution in [2.24, 2.45) is 0 Å². The van der Waals surface area contributed by atoms with Gasteiger partial charge in [-0.3, -0.25) is 9.89 Å². The first-order valence-electron chi connectivity index (χ1n) is 9.22. The van der Waals surface area contributed by atoms with Crippen LogP contribution < -0.4 is 0 Å². The summed E-state index contributed by atoms with van der Waals surface area (Å²) in [4.78, 5) is 18.5. The Morgan fingerprint density at radius 2 is 1.87 bits per heavy atom. The first-order chi connectivity index (χ1) is 14.7. The van der Waals surface area contributed by atoms with Gasteiger partial charge in [0.2, 0.25) is 5.16 Å². The van der Waals surface area contributed by atoms with Crippen LogP contribution in [0.3, 0.4) is 0 Å². The van der Waals surface area contributed by atoms with Gasteiger partial charge < -0.3 is 14.5 Å². The van der Waals surface area contributed by atoms with E-state index in [9.17, 15) is 4.79 Å². The van der Waals surface area contributed by atoms with Gasteiger partial charge in [0.05, 0.1) is 5.75 Å². The van der Waals surface area contributed by atoms with Gasteiger partial charge in [-0.05, 0) is 29.8 Å². The molecule has 0 saturated heterocycles. The number of aromatic nitrogens is 4. The van der Waals surface area contributed by atoms with Crippen LogP contribution in [0.2, 0.25) is 0 Å². The fourth-order valence-electron chi connectivity index (χ4n) is 3.30. The molecular weight excluding hydrogens is 400 g/mol. The Labute approximate surface area is 175 Å². The van der Waals surface area contributed by atoms with E-state index in [4.69, 9.17) is 9.52 Å². The zero-order valence-corrected chi connectivity index (χ0v) is 16.4. The largest absolute Gasteiger partial charge is 0.481 e. The molecule has 30 heavy (non-hydrogen) atoms. The third-order valence-electron chi connectivity index (χ3n) is 4.64. The zero-order chi connectivity index (χ0) is 20.5. The van der Waals surface area contributed by atoms with Gasteiger partial charge in [-0.1, -0.05) is 54.2 Å². The Morgan fingerprint density at radius 1 is 1.03 bits per heavy atom. The number of aromatic amines is 2. The van der Waals surface area contributed by atoms with Crippen molar-refractivity contribution in [3.63, 3.8) is 0 Å². The lowest BCUT2D eigenvalue weighted by molar-refractivity contribution is -0.133. The number of furan rings is 1. The number of nitrogens with one attached hydrogen (secondary N) is 2. The van der Waals surface area contributed by atoms with Crippen molar-refractivity contribution in [3.05, 3.63) is 66.7 Å². The second-order valence-electron chi connectivity index (χ2n) is 6.63. The minimum absolute atomic E-state index is 0.0973. The van der Waals surface area contributed by atoms with Crippen LogP contribution in [0, 0.1) is 0 Å². The van der Waals surface area contributed by atoms with E-state index in [1.165, 1.54) is 0 Å². The van der Waals surface area contributed by atoms with Crippen molar-refractivity contribution < 1.29 is 14.3 Å². The van der Waals surface area contributed by atoms with Crippen LogP contribution in [0.1, 0.15) is 0 Å². The van der Waals surface area contributed by atoms with E-state index in [-0.39, 0.29) is 5.75 Å². The molecule has 3 aromatic heterocycles. The third kappa shape index (κ3) is 3.48. The van der Waals surface area contributed by atoms with E-state index in [0.29, 0.717) is 22.5 Å². The highest BCUT2D eigenvalue weighted by Crippen LogP contribution is 2.34. The summed E-state index contributed by atoms with van der Waals surface area (Å²) >= 11 is 1.05. The first-order valence-corrected chi connectivity index (χ1v) is 10.2. The van der Waals surface area contributed by atoms with E-state index in [0.717, 1.165) is 39.5 Å². The summed E-state index contributed by atoms with van der Waals surface area (Å²) in [6.07, 6.45) is 0. The lowest BCUT2D eigenvalue weighted by Gasteiger charge is -1.99. The molecule has 3 heterocycles. The van der Waals surface area contributed by atoms with Crippen molar-refractivity contribution in [1.29, 1.82) is 0 Å². The van der Waals surface area contributed by atoms with Gasteiger partial charge in [-0.2, -0.15) is 4.98 Å². The predicted molar refractivity (Wildman–Crippen MR) is 115 cm³/mol. The molecule has 0 aliphatic rings. The Kier molecular flexibility index (Phi) is 4.61. The maximum Gasteiger partial charge on any atom is 0.313 e. The van der Waals surface area contributed by atoms with Gasteiger partial charge >= 0.3 is 5.97 Å². The molecular formula is C22H16N4O3S. The summed E-state index contributed by atoms with van der Waals surface area (Å²) in [6.45, 7) is 0. The number of nitrogens with zero attached hydrogens (tertiary/aromatic N) is 2. The van der Waals surface area contributed by atoms with Gasteiger partial charge in [-0.15, -0.1) is 5.10 Å². The van der Waals surface area contributed by atoms with Gasteiger partial charge in [0.15, 0.2) is 11.6 Å². The first kappa shape index (κ1) is 18.3. The van der Waals surface area contributed by atoms with Gasteiger partial charge in [0, 0.05) is 22.2 Å². The SMILES string of the molecule is O=C(O)CSc1n[nH]c(-c2ccc(-c3cccc4[nH]c(-c5ccccc5)cc34)o2)n1. The Hall–Kier alpha value is -3.78. The topological polar surface area (TPSA) is 108 Å². The highest BCUT2D eigenvalue weighted by atomic mass is 32.2. The molecule has 0 amide bonds. The second-order valence-corrected chi connectivity index (χ2v) is 7.57. The lowest BCUT2D eigenvalue weighted by Crippen LogP contribution is -1.97. The number of fused-ring (bicyclic) bond motifs is 1. The molecule has 5 rings (SSSR count). The average molecular weight is 416 g/mol. The fourth-order valence-corrected chi connectivity index (χ4v) is 3.82. The van der Waals surface area contributed by atoms with Crippen molar-refractivity contribution >= 4 is 28.6 Å². The van der Waals surface area contributed by atoms with Gasteiger partial charge in [0.25, 0.3) is 0 Å². The quantitative estimate of drug-likeness (QED) is 0.334. The molecule has 2 aromatic carbocycles. The molecule has 0 aliphatic heterocycles. The van der Waals surface area contributed by atoms with E-state index in [2.05, 4.69) is 38.4 Å². The summed E-state index contributed by atoms with van der Waals surface area (Å²) < 4.78 is 6.04. The molecule has 5 aromatic rings. The zero-order valence-electron chi connectivity index (χ0n) is 15.6. The maximum atomic E-state index is 10.7. The number of thioether (sulfide) groups is 1. The van der Waals surface area contributed by atoms with Gasteiger partial charge in [-0.25, -0.2) is 0 Å². The van der Waals surface area contributed by atoms with Crippen LogP contribution >= 0.6 is 11.8 Å². The highest BCUT2D eigenvalue weighted by molar-refractivity contribution is 7.99. The number of aliphatic carboxylic acids is 1. The molecule has 3 N–H and O–H groups in total. The number of carboxylic acids is 1. The molecule has 0 bridgehead atoms. The number of hydrogen-bond donors (Lipinski definition) is 3. The van der Waals surface area contributed by atoms with Crippen LogP contribution in [0.4, 0.5) is 0 Å². The van der Waals surface area contributed by atoms with Crippen LogP contribution in [0.5, 0.6) is 0 Å². The van der Waals surface area contributed by atoms with Crippen LogP contribution in [0.25, 0.3) is 45.1 Å². The standard InChI is InChI=1S/C22H16N4O3S/c27-20(28)12-30-22-24-21(25-26-22)19-10-9-18(29-19)14-7-4-8-16-15(14)11-17(23-16)13-5-2-1-3-6-13/h1-11,23H,12H2,(H,27,28)(H,24,25,26). The minimum Gasteiger partial charge on any atom is -0.481 e. The van der Waals surface area contributed by atoms with Crippen molar-refractivity contribution in [2.45, 2.75) is 5.16 Å². The van der Waals surface area contributed by atoms with Crippen LogP contribution in [0.15, 0.2) is 76.3 Å². The predicted octanol–water partition coefficient (Wildman–Crippen LogP) is 5.06. The lowest BCUT2D eigenvalue weighted by atomic mass is 10.1. The summed E-state index contributed by atoms with van der Waals surface area (Å²) in [6, 6.07) is 22.0. The summed E-state index contributed by atoms with van der Waals surface area (Å²) in [5.74, 6) is 0.697. The molecule has 0 aliphatic carbocycles. The van der Waals surface area contributed by atoms with Crippen molar-refractivity contribution in [2.75, 3.05) is 5.75 Å². The minimum atomic E-state index is -0.916. The summed E-state index contributed by atoms with van der Waals surface area (Å²) in [7, 11) is 0. The summed E-state index contributed by atoms with van der Waals surface area (Å²) in [5.41, 5.74) is 4.15. The second kappa shape index (κ2) is 7.57. The summed E-state index contributed by atoms with van der Waals surface area (Å²) in [5, 5.41) is 17.0. The van der Waals surface area contributed by atoms with E-state index >= 15 is 0 Å². The molecule has 0 unspecified atom stereocenters. The number of benzene rings is 2. The van der Waals surface area contributed by atoms with Crippen molar-refractivity contribution in [1.82, 2.24) is 20.2 Å². The monoisotopic (exact) mass is 416 g/mol. The molecule has 0 fully saturated rings. The van der Waals surface area contributed by atoms with E-state index in [1.54, 1.807) is 0 Å². The molecule has 0 spiro atoms. The van der Waals surface area contributed by atoms with Crippen LogP contribution in [-0.4, -0.2) is 37.0 Å². The number of H-pyrrole nitrogens is 2. The molecule has 0 atom stereocenters. The van der Waals surface area contributed by atoms with Crippen LogP contribution in [-0.2, 0) is 4.79 Å².